The first-order valence-corrected chi connectivity index (χ1v) is 6.27. The van der Waals surface area contributed by atoms with E-state index in [4.69, 9.17) is 23.2 Å². The average Bonchev–Trinajstić information content (AvgIpc) is 2.32. The van der Waals surface area contributed by atoms with Crippen LogP contribution in [0.2, 0.25) is 10.3 Å². The maximum Gasteiger partial charge on any atom is 0.175 e. The standard InChI is InChI=1S/C13H13Cl2N3/c1-9-4-3-5-10(6-9)8-18(2)11-7-12(14)16-17-13(11)15/h3-7H,8H2,1-2H3. The summed E-state index contributed by atoms with van der Waals surface area (Å²) in [5.41, 5.74) is 3.22. The third-order valence-electron chi connectivity index (χ3n) is 2.61. The van der Waals surface area contributed by atoms with Crippen LogP contribution in [0.5, 0.6) is 0 Å². The molecule has 0 aliphatic rings. The predicted molar refractivity (Wildman–Crippen MR) is 75.3 cm³/mol. The minimum atomic E-state index is 0.338. The third kappa shape index (κ3) is 3.12. The van der Waals surface area contributed by atoms with Crippen LogP contribution in [0.1, 0.15) is 11.1 Å². The smallest absolute Gasteiger partial charge is 0.175 e. The first-order chi connectivity index (χ1) is 8.56. The van der Waals surface area contributed by atoms with E-state index >= 15 is 0 Å². The van der Waals surface area contributed by atoms with Crippen molar-refractivity contribution in [2.75, 3.05) is 11.9 Å². The Balaban J connectivity index is 2.21. The molecule has 0 unspecified atom stereocenters. The molecular formula is C13H13Cl2N3. The minimum Gasteiger partial charge on any atom is -0.368 e. The first kappa shape index (κ1) is 13.1. The SMILES string of the molecule is Cc1cccc(CN(C)c2cc(Cl)nnc2Cl)c1. The lowest BCUT2D eigenvalue weighted by molar-refractivity contribution is 0.902. The Morgan fingerprint density at radius 1 is 1.17 bits per heavy atom. The van der Waals surface area contributed by atoms with Gasteiger partial charge in [-0.15, -0.1) is 10.2 Å². The highest BCUT2D eigenvalue weighted by Gasteiger charge is 2.09. The Bertz CT molecular complexity index is 558. The van der Waals surface area contributed by atoms with Gasteiger partial charge in [0.05, 0.1) is 5.69 Å². The zero-order valence-corrected chi connectivity index (χ0v) is 11.7. The van der Waals surface area contributed by atoms with E-state index < -0.39 is 0 Å². The quantitative estimate of drug-likeness (QED) is 0.859. The molecule has 5 heteroatoms. The molecule has 0 amide bonds. The van der Waals surface area contributed by atoms with E-state index in [0.29, 0.717) is 10.3 Å². The van der Waals surface area contributed by atoms with E-state index in [1.165, 1.54) is 11.1 Å². The fourth-order valence-corrected chi connectivity index (χ4v) is 2.16. The highest BCUT2D eigenvalue weighted by atomic mass is 35.5. The number of aromatic nitrogens is 2. The van der Waals surface area contributed by atoms with Crippen LogP contribution in [0.15, 0.2) is 30.3 Å². The predicted octanol–water partition coefficient (Wildman–Crippen LogP) is 3.73. The summed E-state index contributed by atoms with van der Waals surface area (Å²) in [4.78, 5) is 2.00. The number of hydrogen-bond acceptors (Lipinski definition) is 3. The summed E-state index contributed by atoms with van der Waals surface area (Å²) in [6.45, 7) is 2.81. The largest absolute Gasteiger partial charge is 0.368 e. The van der Waals surface area contributed by atoms with Crippen molar-refractivity contribution in [2.24, 2.45) is 0 Å². The second kappa shape index (κ2) is 5.55. The Hall–Kier alpha value is -1.32. The summed E-state index contributed by atoms with van der Waals surface area (Å²) in [5.74, 6) is 0. The van der Waals surface area contributed by atoms with Crippen LogP contribution in [0.4, 0.5) is 5.69 Å². The molecule has 0 aliphatic heterocycles. The van der Waals surface area contributed by atoms with Gasteiger partial charge in [-0.1, -0.05) is 53.0 Å². The van der Waals surface area contributed by atoms with Crippen LogP contribution in [0.3, 0.4) is 0 Å². The normalized spacial score (nSPS) is 10.4. The fourth-order valence-electron chi connectivity index (χ4n) is 1.78. The number of halogens is 2. The third-order valence-corrected chi connectivity index (χ3v) is 3.07. The molecule has 0 saturated heterocycles. The van der Waals surface area contributed by atoms with Crippen LogP contribution in [0.25, 0.3) is 0 Å². The lowest BCUT2D eigenvalue weighted by Crippen LogP contribution is -2.17. The van der Waals surface area contributed by atoms with Gasteiger partial charge in [0.2, 0.25) is 0 Å². The Morgan fingerprint density at radius 3 is 2.67 bits per heavy atom. The van der Waals surface area contributed by atoms with Crippen molar-refractivity contribution in [1.29, 1.82) is 0 Å². The topological polar surface area (TPSA) is 29.0 Å². The number of hydrogen-bond donors (Lipinski definition) is 0. The van der Waals surface area contributed by atoms with Gasteiger partial charge in [-0.05, 0) is 12.5 Å². The second-order valence-electron chi connectivity index (χ2n) is 4.19. The van der Waals surface area contributed by atoms with E-state index in [-0.39, 0.29) is 0 Å². The molecule has 0 N–H and O–H groups in total. The van der Waals surface area contributed by atoms with Crippen molar-refractivity contribution < 1.29 is 0 Å². The van der Waals surface area contributed by atoms with Crippen LogP contribution in [0, 0.1) is 6.92 Å². The van der Waals surface area contributed by atoms with E-state index in [1.807, 2.05) is 18.0 Å². The highest BCUT2D eigenvalue weighted by molar-refractivity contribution is 6.33. The molecule has 0 radical (unpaired) electrons. The molecule has 1 aromatic heterocycles. The number of rotatable bonds is 3. The number of benzene rings is 1. The van der Waals surface area contributed by atoms with Crippen molar-refractivity contribution in [3.8, 4) is 0 Å². The van der Waals surface area contributed by atoms with Gasteiger partial charge < -0.3 is 4.90 Å². The molecule has 0 fully saturated rings. The zero-order chi connectivity index (χ0) is 13.1. The van der Waals surface area contributed by atoms with Gasteiger partial charge in [-0.25, -0.2) is 0 Å². The summed E-state index contributed by atoms with van der Waals surface area (Å²) in [5, 5.41) is 8.19. The van der Waals surface area contributed by atoms with Gasteiger partial charge in [-0.2, -0.15) is 0 Å². The molecular weight excluding hydrogens is 269 g/mol. The monoisotopic (exact) mass is 281 g/mol. The number of anilines is 1. The van der Waals surface area contributed by atoms with E-state index in [9.17, 15) is 0 Å². The van der Waals surface area contributed by atoms with Crippen molar-refractivity contribution in [2.45, 2.75) is 13.5 Å². The Labute approximate surface area is 116 Å². The summed E-state index contributed by atoms with van der Waals surface area (Å²) in [6.07, 6.45) is 0. The molecule has 3 nitrogen and oxygen atoms in total. The van der Waals surface area contributed by atoms with Crippen molar-refractivity contribution in [3.63, 3.8) is 0 Å². The van der Waals surface area contributed by atoms with Crippen LogP contribution < -0.4 is 4.90 Å². The Kier molecular flexibility index (Phi) is 4.04. The van der Waals surface area contributed by atoms with E-state index in [2.05, 4.69) is 35.3 Å². The van der Waals surface area contributed by atoms with Crippen LogP contribution >= 0.6 is 23.2 Å². The molecule has 0 aliphatic carbocycles. The minimum absolute atomic E-state index is 0.338. The fraction of sp³-hybridized carbons (Fsp3) is 0.231. The van der Waals surface area contributed by atoms with Crippen LogP contribution in [-0.2, 0) is 6.54 Å². The van der Waals surface area contributed by atoms with Crippen molar-refractivity contribution >= 4 is 28.9 Å². The molecule has 0 spiro atoms. The number of nitrogens with zero attached hydrogens (tertiary/aromatic N) is 3. The molecule has 0 bridgehead atoms. The van der Waals surface area contributed by atoms with Gasteiger partial charge in [0.1, 0.15) is 0 Å². The molecule has 1 heterocycles. The molecule has 2 aromatic rings. The van der Waals surface area contributed by atoms with Crippen molar-refractivity contribution in [3.05, 3.63) is 51.8 Å². The molecule has 0 atom stereocenters. The summed E-state index contributed by atoms with van der Waals surface area (Å²) in [7, 11) is 1.95. The summed E-state index contributed by atoms with van der Waals surface area (Å²) >= 11 is 11.8. The molecule has 2 rings (SSSR count). The molecule has 0 saturated carbocycles. The lowest BCUT2D eigenvalue weighted by Gasteiger charge is -2.20. The lowest BCUT2D eigenvalue weighted by atomic mass is 10.1. The van der Waals surface area contributed by atoms with E-state index in [0.717, 1.165) is 12.2 Å². The average molecular weight is 282 g/mol. The van der Waals surface area contributed by atoms with Gasteiger partial charge in [0, 0.05) is 19.7 Å². The summed E-state index contributed by atoms with van der Waals surface area (Å²) < 4.78 is 0. The van der Waals surface area contributed by atoms with E-state index in [1.54, 1.807) is 6.07 Å². The van der Waals surface area contributed by atoms with Crippen molar-refractivity contribution in [1.82, 2.24) is 10.2 Å². The van der Waals surface area contributed by atoms with Gasteiger partial charge in [0.25, 0.3) is 0 Å². The van der Waals surface area contributed by atoms with Gasteiger partial charge in [-0.3, -0.25) is 0 Å². The van der Waals surface area contributed by atoms with Gasteiger partial charge >= 0.3 is 0 Å². The van der Waals surface area contributed by atoms with Gasteiger partial charge in [0.15, 0.2) is 10.3 Å². The second-order valence-corrected chi connectivity index (χ2v) is 4.93. The maximum absolute atomic E-state index is 6.01. The zero-order valence-electron chi connectivity index (χ0n) is 10.2. The number of aryl methyl sites for hydroxylation is 1. The summed E-state index contributed by atoms with van der Waals surface area (Å²) in [6, 6.07) is 10.0. The Morgan fingerprint density at radius 2 is 1.94 bits per heavy atom. The van der Waals surface area contributed by atoms with Crippen LogP contribution in [-0.4, -0.2) is 17.2 Å². The molecule has 1 aromatic carbocycles. The first-order valence-electron chi connectivity index (χ1n) is 5.51. The maximum atomic E-state index is 6.01. The molecule has 18 heavy (non-hydrogen) atoms. The molecule has 94 valence electrons. The highest BCUT2D eigenvalue weighted by Crippen LogP contribution is 2.25.